The molecule has 92 valence electrons. The van der Waals surface area contributed by atoms with Crippen molar-refractivity contribution < 1.29 is 9.53 Å². The van der Waals surface area contributed by atoms with E-state index >= 15 is 0 Å². The van der Waals surface area contributed by atoms with Crippen molar-refractivity contribution in [1.82, 2.24) is 0 Å². The Morgan fingerprint density at radius 2 is 2.06 bits per heavy atom. The first kappa shape index (κ1) is 14.9. The van der Waals surface area contributed by atoms with Gasteiger partial charge in [0, 0.05) is 6.42 Å². The normalized spacial score (nSPS) is 11.0. The van der Waals surface area contributed by atoms with Crippen molar-refractivity contribution in [2.45, 2.75) is 52.9 Å². The van der Waals surface area contributed by atoms with E-state index in [2.05, 4.69) is 20.4 Å². The van der Waals surface area contributed by atoms with Crippen LogP contribution in [-0.4, -0.2) is 5.97 Å². The van der Waals surface area contributed by atoms with Gasteiger partial charge in [0.05, 0.1) is 6.26 Å². The Hall–Kier alpha value is -1.05. The van der Waals surface area contributed by atoms with Gasteiger partial charge in [0.1, 0.15) is 0 Å². The van der Waals surface area contributed by atoms with Crippen molar-refractivity contribution in [3.63, 3.8) is 0 Å². The van der Waals surface area contributed by atoms with Gasteiger partial charge in [0.15, 0.2) is 0 Å². The molecule has 2 nitrogen and oxygen atoms in total. The molecule has 0 aliphatic heterocycles. The lowest BCUT2D eigenvalue weighted by atomic mass is 10.0. The van der Waals surface area contributed by atoms with Crippen LogP contribution in [0.15, 0.2) is 24.5 Å². The molecular formula is C14H24O2. The topological polar surface area (TPSA) is 26.3 Å². The number of hydrogen-bond donors (Lipinski definition) is 0. The van der Waals surface area contributed by atoms with E-state index in [0.717, 1.165) is 30.8 Å². The molecule has 0 atom stereocenters. The van der Waals surface area contributed by atoms with Crippen LogP contribution < -0.4 is 0 Å². The van der Waals surface area contributed by atoms with E-state index in [4.69, 9.17) is 4.74 Å². The van der Waals surface area contributed by atoms with E-state index in [0.29, 0.717) is 6.42 Å². The minimum atomic E-state index is -0.172. The predicted molar refractivity (Wildman–Crippen MR) is 68.0 cm³/mol. The number of allylic oxidation sites excluding steroid dienone is 2. The predicted octanol–water partition coefficient (Wildman–Crippen LogP) is 4.23. The second kappa shape index (κ2) is 9.20. The van der Waals surface area contributed by atoms with Crippen LogP contribution >= 0.6 is 0 Å². The molecule has 0 N–H and O–H groups in total. The average molecular weight is 224 g/mol. The van der Waals surface area contributed by atoms with E-state index < -0.39 is 0 Å². The highest BCUT2D eigenvalue weighted by Crippen LogP contribution is 2.11. The molecule has 0 saturated carbocycles. The monoisotopic (exact) mass is 224 g/mol. The van der Waals surface area contributed by atoms with Crippen LogP contribution in [0.4, 0.5) is 0 Å². The van der Waals surface area contributed by atoms with Gasteiger partial charge in [-0.1, -0.05) is 39.3 Å². The van der Waals surface area contributed by atoms with Gasteiger partial charge in [-0.05, 0) is 31.3 Å². The first-order chi connectivity index (χ1) is 7.56. The average Bonchev–Trinajstić information content (AvgIpc) is 2.17. The summed E-state index contributed by atoms with van der Waals surface area (Å²) in [4.78, 5) is 11.0. The van der Waals surface area contributed by atoms with Crippen LogP contribution in [0.3, 0.4) is 0 Å². The highest BCUT2D eigenvalue weighted by atomic mass is 16.5. The molecule has 0 radical (unpaired) electrons. The Balaban J connectivity index is 3.62. The standard InChI is InChI=1S/C14H24O2/c1-5-7-14(15)16-11-10-13(4)9-6-8-12(2)3/h10-12H,4-9H2,1-3H3. The minimum absolute atomic E-state index is 0.172. The summed E-state index contributed by atoms with van der Waals surface area (Å²) >= 11 is 0. The maximum Gasteiger partial charge on any atom is 0.310 e. The zero-order valence-corrected chi connectivity index (χ0v) is 10.8. The van der Waals surface area contributed by atoms with Crippen molar-refractivity contribution in [3.8, 4) is 0 Å². The molecule has 0 spiro atoms. The highest BCUT2D eigenvalue weighted by molar-refractivity contribution is 5.69. The molecule has 0 unspecified atom stereocenters. The molecule has 0 amide bonds. The summed E-state index contributed by atoms with van der Waals surface area (Å²) in [6.07, 6.45) is 7.86. The van der Waals surface area contributed by atoms with E-state index in [1.54, 1.807) is 6.08 Å². The van der Waals surface area contributed by atoms with Crippen molar-refractivity contribution >= 4 is 5.97 Å². The van der Waals surface area contributed by atoms with Crippen LogP contribution in [-0.2, 0) is 9.53 Å². The summed E-state index contributed by atoms with van der Waals surface area (Å²) in [5, 5.41) is 0. The SMILES string of the molecule is C=C(C=COC(=O)CCC)CCCC(C)C. The Bertz CT molecular complexity index is 239. The Kier molecular flexibility index (Phi) is 8.59. The van der Waals surface area contributed by atoms with Gasteiger partial charge in [0.2, 0.25) is 0 Å². The minimum Gasteiger partial charge on any atom is -0.434 e. The molecule has 0 rings (SSSR count). The molecule has 0 heterocycles. The largest absolute Gasteiger partial charge is 0.434 e. The van der Waals surface area contributed by atoms with Crippen molar-refractivity contribution in [1.29, 1.82) is 0 Å². The quantitative estimate of drug-likeness (QED) is 0.350. The third-order valence-corrected chi connectivity index (χ3v) is 2.24. The van der Waals surface area contributed by atoms with E-state index in [1.165, 1.54) is 12.7 Å². The van der Waals surface area contributed by atoms with Crippen LogP contribution in [0.1, 0.15) is 52.9 Å². The molecule has 0 aliphatic carbocycles. The number of carbonyl (C=O) groups is 1. The van der Waals surface area contributed by atoms with Gasteiger partial charge in [-0.3, -0.25) is 4.79 Å². The van der Waals surface area contributed by atoms with Crippen molar-refractivity contribution in [3.05, 3.63) is 24.5 Å². The maximum absolute atomic E-state index is 11.0. The van der Waals surface area contributed by atoms with Crippen LogP contribution in [0.25, 0.3) is 0 Å². The fourth-order valence-corrected chi connectivity index (χ4v) is 1.29. The van der Waals surface area contributed by atoms with Gasteiger partial charge in [-0.2, -0.15) is 0 Å². The zero-order chi connectivity index (χ0) is 12.4. The molecule has 0 fully saturated rings. The first-order valence-electron chi connectivity index (χ1n) is 6.10. The number of esters is 1. The summed E-state index contributed by atoms with van der Waals surface area (Å²) in [6.45, 7) is 10.3. The first-order valence-corrected chi connectivity index (χ1v) is 6.10. The Labute approximate surface area is 99.4 Å². The van der Waals surface area contributed by atoms with E-state index in [-0.39, 0.29) is 5.97 Å². The maximum atomic E-state index is 11.0. The molecule has 0 aliphatic rings. The molecular weight excluding hydrogens is 200 g/mol. The number of ether oxygens (including phenoxy) is 1. The number of hydrogen-bond acceptors (Lipinski definition) is 2. The van der Waals surface area contributed by atoms with Crippen molar-refractivity contribution in [2.24, 2.45) is 5.92 Å². The second-order valence-electron chi connectivity index (χ2n) is 4.49. The molecule has 0 aromatic carbocycles. The lowest BCUT2D eigenvalue weighted by molar-refractivity contribution is -0.138. The molecule has 0 aromatic rings. The highest BCUT2D eigenvalue weighted by Gasteiger charge is 1.98. The molecule has 2 heteroatoms. The van der Waals surface area contributed by atoms with Gasteiger partial charge in [-0.25, -0.2) is 0 Å². The summed E-state index contributed by atoms with van der Waals surface area (Å²) in [7, 11) is 0. The lowest BCUT2D eigenvalue weighted by Crippen LogP contribution is -1.97. The van der Waals surface area contributed by atoms with Gasteiger partial charge in [-0.15, -0.1) is 0 Å². The van der Waals surface area contributed by atoms with Crippen molar-refractivity contribution in [2.75, 3.05) is 0 Å². The van der Waals surface area contributed by atoms with Gasteiger partial charge in [0.25, 0.3) is 0 Å². The zero-order valence-electron chi connectivity index (χ0n) is 10.8. The van der Waals surface area contributed by atoms with Gasteiger partial charge < -0.3 is 4.74 Å². The fourth-order valence-electron chi connectivity index (χ4n) is 1.29. The molecule has 0 bridgehead atoms. The number of rotatable bonds is 8. The van der Waals surface area contributed by atoms with Gasteiger partial charge >= 0.3 is 5.97 Å². The summed E-state index contributed by atoms with van der Waals surface area (Å²) < 4.78 is 4.90. The lowest BCUT2D eigenvalue weighted by Gasteiger charge is -2.03. The van der Waals surface area contributed by atoms with E-state index in [9.17, 15) is 4.79 Å². The molecule has 16 heavy (non-hydrogen) atoms. The summed E-state index contributed by atoms with van der Waals surface area (Å²) in [5.74, 6) is 0.563. The Morgan fingerprint density at radius 3 is 2.62 bits per heavy atom. The Morgan fingerprint density at radius 1 is 1.38 bits per heavy atom. The second-order valence-corrected chi connectivity index (χ2v) is 4.49. The van der Waals surface area contributed by atoms with Crippen LogP contribution in [0, 0.1) is 5.92 Å². The fraction of sp³-hybridized carbons (Fsp3) is 0.643. The van der Waals surface area contributed by atoms with E-state index in [1.807, 2.05) is 6.92 Å². The summed E-state index contributed by atoms with van der Waals surface area (Å²) in [6, 6.07) is 0. The third-order valence-electron chi connectivity index (χ3n) is 2.24. The third kappa shape index (κ3) is 9.50. The van der Waals surface area contributed by atoms with Crippen LogP contribution in [0.5, 0.6) is 0 Å². The molecule has 0 aromatic heterocycles. The smallest absolute Gasteiger partial charge is 0.310 e. The van der Waals surface area contributed by atoms with Crippen LogP contribution in [0.2, 0.25) is 0 Å². The summed E-state index contributed by atoms with van der Waals surface area (Å²) in [5.41, 5.74) is 1.02. The number of carbonyl (C=O) groups excluding carboxylic acids is 1. The molecule has 0 saturated heterocycles.